The number of phenols is 1. The normalized spacial score (nSPS) is 15.3. The molecule has 3 heteroatoms. The van der Waals surface area contributed by atoms with Gasteiger partial charge in [-0.15, -0.1) is 0 Å². The molecule has 1 aromatic rings. The quantitative estimate of drug-likeness (QED) is 0.873. The Morgan fingerprint density at radius 2 is 1.78 bits per heavy atom. The van der Waals surface area contributed by atoms with Crippen molar-refractivity contribution in [1.82, 2.24) is 0 Å². The molecule has 0 aliphatic rings. The Kier molecular flexibility index (Phi) is 3.94. The van der Waals surface area contributed by atoms with Crippen molar-refractivity contribution in [3.05, 3.63) is 23.5 Å². The molecule has 0 spiro atoms. The summed E-state index contributed by atoms with van der Waals surface area (Å²) in [5.41, 5.74) is 0.648. The summed E-state index contributed by atoms with van der Waals surface area (Å²) in [6.45, 7) is 10.6. The second kappa shape index (κ2) is 4.79. The third kappa shape index (κ3) is 2.31. The molecule has 0 saturated heterocycles. The molecular formula is C15H23FO2. The summed E-state index contributed by atoms with van der Waals surface area (Å²) in [5, 5.41) is 9.56. The van der Waals surface area contributed by atoms with E-state index >= 15 is 0 Å². The fourth-order valence-corrected chi connectivity index (χ4v) is 2.22. The van der Waals surface area contributed by atoms with Crippen LogP contribution in [0.1, 0.15) is 46.6 Å². The largest absolute Gasteiger partial charge is 0.502 e. The van der Waals surface area contributed by atoms with Crippen LogP contribution in [0.5, 0.6) is 11.5 Å². The molecule has 0 fully saturated rings. The van der Waals surface area contributed by atoms with Crippen molar-refractivity contribution >= 4 is 0 Å². The van der Waals surface area contributed by atoms with Gasteiger partial charge >= 0.3 is 0 Å². The fourth-order valence-electron chi connectivity index (χ4n) is 2.22. The molecule has 1 unspecified atom stereocenters. The first-order valence-electron chi connectivity index (χ1n) is 6.24. The molecule has 0 aromatic heterocycles. The molecule has 0 radical (unpaired) electrons. The minimum atomic E-state index is -0.631. The molecule has 102 valence electrons. The van der Waals surface area contributed by atoms with Gasteiger partial charge in [0.1, 0.15) is 0 Å². The van der Waals surface area contributed by atoms with E-state index in [4.69, 9.17) is 4.74 Å². The molecule has 0 bridgehead atoms. The van der Waals surface area contributed by atoms with Gasteiger partial charge in [0.2, 0.25) is 0 Å². The van der Waals surface area contributed by atoms with Gasteiger partial charge in [0.05, 0.1) is 7.11 Å². The molecule has 2 nitrogen and oxygen atoms in total. The number of ether oxygens (including phenoxy) is 1. The van der Waals surface area contributed by atoms with E-state index in [1.54, 1.807) is 6.07 Å². The Morgan fingerprint density at radius 1 is 1.22 bits per heavy atom. The van der Waals surface area contributed by atoms with Gasteiger partial charge in [0, 0.05) is 0 Å². The Labute approximate surface area is 109 Å². The number of rotatable bonds is 3. The minimum Gasteiger partial charge on any atom is -0.502 e. The van der Waals surface area contributed by atoms with Gasteiger partial charge < -0.3 is 9.84 Å². The summed E-state index contributed by atoms with van der Waals surface area (Å²) < 4.78 is 18.8. The van der Waals surface area contributed by atoms with Gasteiger partial charge in [0.25, 0.3) is 0 Å². The van der Waals surface area contributed by atoms with Crippen molar-refractivity contribution in [2.24, 2.45) is 5.41 Å². The van der Waals surface area contributed by atoms with Crippen molar-refractivity contribution in [3.8, 4) is 11.5 Å². The summed E-state index contributed by atoms with van der Waals surface area (Å²) in [5.74, 6) is -0.865. The van der Waals surface area contributed by atoms with Crippen LogP contribution in [0, 0.1) is 11.2 Å². The van der Waals surface area contributed by atoms with Crippen molar-refractivity contribution in [2.45, 2.75) is 46.5 Å². The molecule has 1 aromatic carbocycles. The lowest BCUT2D eigenvalue weighted by atomic mass is 9.62. The van der Waals surface area contributed by atoms with Crippen LogP contribution in [0.15, 0.2) is 12.1 Å². The zero-order chi connectivity index (χ0) is 14.1. The van der Waals surface area contributed by atoms with E-state index in [9.17, 15) is 9.50 Å². The summed E-state index contributed by atoms with van der Waals surface area (Å²) in [4.78, 5) is 0. The summed E-state index contributed by atoms with van der Waals surface area (Å²) >= 11 is 0. The molecule has 0 heterocycles. The van der Waals surface area contributed by atoms with Crippen LogP contribution < -0.4 is 4.74 Å². The summed E-state index contributed by atoms with van der Waals surface area (Å²) in [7, 11) is 1.43. The van der Waals surface area contributed by atoms with Gasteiger partial charge in [-0.2, -0.15) is 0 Å². The van der Waals surface area contributed by atoms with Crippen LogP contribution in [0.2, 0.25) is 0 Å². The zero-order valence-electron chi connectivity index (χ0n) is 12.1. The summed E-state index contributed by atoms with van der Waals surface area (Å²) in [6, 6.07) is 3.14. The van der Waals surface area contributed by atoms with Gasteiger partial charge in [-0.25, -0.2) is 4.39 Å². The van der Waals surface area contributed by atoms with E-state index in [1.807, 2.05) is 0 Å². The molecule has 18 heavy (non-hydrogen) atoms. The number of aromatic hydroxyl groups is 1. The maximum absolute atomic E-state index is 13.8. The van der Waals surface area contributed by atoms with Crippen molar-refractivity contribution < 1.29 is 14.2 Å². The monoisotopic (exact) mass is 254 g/mol. The van der Waals surface area contributed by atoms with Crippen LogP contribution in [0.25, 0.3) is 0 Å². The van der Waals surface area contributed by atoms with Crippen molar-refractivity contribution in [3.63, 3.8) is 0 Å². The molecule has 0 aliphatic carbocycles. The number of hydrogen-bond donors (Lipinski definition) is 1. The minimum absolute atomic E-state index is 0.0177. The van der Waals surface area contributed by atoms with Crippen molar-refractivity contribution in [2.75, 3.05) is 7.11 Å². The lowest BCUT2D eigenvalue weighted by molar-refractivity contribution is 0.194. The van der Waals surface area contributed by atoms with E-state index < -0.39 is 11.6 Å². The third-order valence-electron chi connectivity index (χ3n) is 4.25. The number of benzene rings is 1. The van der Waals surface area contributed by atoms with Crippen LogP contribution in [0.4, 0.5) is 4.39 Å². The molecule has 0 saturated carbocycles. The smallest absolute Gasteiger partial charge is 0.194 e. The lowest BCUT2D eigenvalue weighted by Crippen LogP contribution is -2.36. The zero-order valence-corrected chi connectivity index (χ0v) is 12.1. The predicted octanol–water partition coefficient (Wildman–Crippen LogP) is 4.25. The van der Waals surface area contributed by atoms with Gasteiger partial charge in [-0.05, 0) is 34.9 Å². The molecule has 0 aliphatic heterocycles. The highest BCUT2D eigenvalue weighted by Gasteiger charge is 2.38. The molecule has 1 N–H and O–H groups in total. The highest BCUT2D eigenvalue weighted by molar-refractivity contribution is 5.45. The van der Waals surface area contributed by atoms with E-state index in [2.05, 4.69) is 34.6 Å². The lowest BCUT2D eigenvalue weighted by Gasteiger charge is -2.42. The van der Waals surface area contributed by atoms with Crippen LogP contribution in [0.3, 0.4) is 0 Å². The maximum Gasteiger partial charge on any atom is 0.194 e. The van der Waals surface area contributed by atoms with Crippen LogP contribution in [-0.2, 0) is 5.41 Å². The standard InChI is InChI=1S/C15H23FO2/c1-7-15(5,14(2,3)4)10-8-11(16)13(17)12(9-10)18-6/h8-9,17H,7H2,1-6H3. The Hall–Kier alpha value is -1.25. The Morgan fingerprint density at radius 3 is 2.17 bits per heavy atom. The average Bonchev–Trinajstić information content (AvgIpc) is 2.29. The van der Waals surface area contributed by atoms with E-state index in [1.165, 1.54) is 13.2 Å². The van der Waals surface area contributed by atoms with Crippen LogP contribution >= 0.6 is 0 Å². The topological polar surface area (TPSA) is 29.5 Å². The third-order valence-corrected chi connectivity index (χ3v) is 4.25. The van der Waals surface area contributed by atoms with E-state index in [-0.39, 0.29) is 16.6 Å². The predicted molar refractivity (Wildman–Crippen MR) is 71.7 cm³/mol. The Balaban J connectivity index is 3.45. The highest BCUT2D eigenvalue weighted by Crippen LogP contribution is 2.46. The first-order chi connectivity index (χ1) is 8.17. The van der Waals surface area contributed by atoms with Gasteiger partial charge in [-0.1, -0.05) is 34.6 Å². The first-order valence-corrected chi connectivity index (χ1v) is 6.24. The molecule has 1 rings (SSSR count). The maximum atomic E-state index is 13.8. The van der Waals surface area contributed by atoms with E-state index in [0.717, 1.165) is 12.0 Å². The Bertz CT molecular complexity index is 435. The number of methoxy groups -OCH3 is 1. The van der Waals surface area contributed by atoms with Gasteiger partial charge in [0.15, 0.2) is 17.3 Å². The molecule has 0 amide bonds. The first kappa shape index (κ1) is 14.8. The van der Waals surface area contributed by atoms with Crippen LogP contribution in [-0.4, -0.2) is 12.2 Å². The molecule has 1 atom stereocenters. The fraction of sp³-hybridized carbons (Fsp3) is 0.600. The number of halogens is 1. The summed E-state index contributed by atoms with van der Waals surface area (Å²) in [6.07, 6.45) is 0.879. The average molecular weight is 254 g/mol. The molecular weight excluding hydrogens is 231 g/mol. The number of phenolic OH excluding ortho intramolecular Hbond substituents is 1. The van der Waals surface area contributed by atoms with Crippen molar-refractivity contribution in [1.29, 1.82) is 0 Å². The number of hydrogen-bond acceptors (Lipinski definition) is 2. The SMILES string of the molecule is CCC(C)(c1cc(F)c(O)c(OC)c1)C(C)(C)C. The second-order valence-corrected chi connectivity index (χ2v) is 5.94. The van der Waals surface area contributed by atoms with E-state index in [0.29, 0.717) is 0 Å². The second-order valence-electron chi connectivity index (χ2n) is 5.94. The van der Waals surface area contributed by atoms with Gasteiger partial charge in [-0.3, -0.25) is 0 Å². The highest BCUT2D eigenvalue weighted by atomic mass is 19.1.